The van der Waals surface area contributed by atoms with E-state index in [4.69, 9.17) is 11.0 Å². The highest BCUT2D eigenvalue weighted by atomic mass is 15.1. The number of hydrogen-bond donors (Lipinski definition) is 1. The molecule has 17 heavy (non-hydrogen) atoms. The van der Waals surface area contributed by atoms with Crippen LogP contribution in [0.5, 0.6) is 0 Å². The summed E-state index contributed by atoms with van der Waals surface area (Å²) in [6, 6.07) is 2.21. The topological polar surface area (TPSA) is 56.3 Å². The van der Waals surface area contributed by atoms with Crippen molar-refractivity contribution in [1.29, 1.82) is 5.26 Å². The first-order chi connectivity index (χ1) is 7.93. The summed E-state index contributed by atoms with van der Waals surface area (Å²) in [5.41, 5.74) is 5.32. The van der Waals surface area contributed by atoms with E-state index in [0.29, 0.717) is 0 Å². The van der Waals surface area contributed by atoms with Gasteiger partial charge in [-0.2, -0.15) is 5.26 Å². The van der Waals surface area contributed by atoms with Gasteiger partial charge in [0.05, 0.1) is 6.07 Å². The molecule has 0 aromatic rings. The third-order valence-electron chi connectivity index (χ3n) is 3.16. The zero-order valence-electron chi connectivity index (χ0n) is 11.9. The van der Waals surface area contributed by atoms with E-state index in [-0.39, 0.29) is 0 Å². The molecule has 0 fully saturated rings. The van der Waals surface area contributed by atoms with Crippen molar-refractivity contribution in [2.24, 2.45) is 5.73 Å². The Morgan fingerprint density at radius 3 is 2.18 bits per heavy atom. The molecule has 0 aromatic heterocycles. The summed E-state index contributed by atoms with van der Waals surface area (Å²) in [6.45, 7) is 5.23. The second-order valence-electron chi connectivity index (χ2n) is 5.19. The first kappa shape index (κ1) is 16.4. The van der Waals surface area contributed by atoms with Gasteiger partial charge in [0, 0.05) is 0 Å². The fourth-order valence-electron chi connectivity index (χ4n) is 1.74. The monoisotopic (exact) mass is 240 g/mol. The average Bonchev–Trinajstić information content (AvgIpc) is 2.28. The average molecular weight is 240 g/mol. The number of nitrogens with zero attached hydrogens (tertiary/aromatic N) is 3. The minimum atomic E-state index is -0.621. The lowest BCUT2D eigenvalue weighted by Gasteiger charge is -2.22. The Balaban J connectivity index is 3.64. The lowest BCUT2D eigenvalue weighted by atomic mass is 9.93. The molecular formula is C13H28N4. The SMILES string of the molecule is CCC(N)(C#N)CCCN(C)CCCN(C)C. The van der Waals surface area contributed by atoms with Crippen molar-refractivity contribution in [2.75, 3.05) is 40.8 Å². The Hall–Kier alpha value is -0.630. The van der Waals surface area contributed by atoms with Gasteiger partial charge >= 0.3 is 0 Å². The van der Waals surface area contributed by atoms with Crippen LogP contribution in [0.1, 0.15) is 32.6 Å². The highest BCUT2D eigenvalue weighted by Crippen LogP contribution is 2.12. The Bertz CT molecular complexity index is 234. The predicted molar refractivity (Wildman–Crippen MR) is 72.7 cm³/mol. The smallest absolute Gasteiger partial charge is 0.104 e. The highest BCUT2D eigenvalue weighted by molar-refractivity contribution is 5.03. The van der Waals surface area contributed by atoms with Gasteiger partial charge in [0.2, 0.25) is 0 Å². The van der Waals surface area contributed by atoms with Crippen LogP contribution < -0.4 is 5.73 Å². The van der Waals surface area contributed by atoms with E-state index in [1.807, 2.05) is 6.92 Å². The molecule has 1 unspecified atom stereocenters. The third kappa shape index (κ3) is 8.14. The van der Waals surface area contributed by atoms with Crippen molar-refractivity contribution >= 4 is 0 Å². The van der Waals surface area contributed by atoms with Crippen LogP contribution in [0, 0.1) is 11.3 Å². The van der Waals surface area contributed by atoms with Gasteiger partial charge in [-0.1, -0.05) is 6.92 Å². The number of nitrogens with two attached hydrogens (primary N) is 1. The molecule has 0 saturated carbocycles. The van der Waals surface area contributed by atoms with Gasteiger partial charge in [-0.3, -0.25) is 0 Å². The second-order valence-corrected chi connectivity index (χ2v) is 5.19. The van der Waals surface area contributed by atoms with Crippen molar-refractivity contribution in [3.8, 4) is 6.07 Å². The maximum atomic E-state index is 8.96. The molecule has 2 N–H and O–H groups in total. The van der Waals surface area contributed by atoms with Crippen molar-refractivity contribution in [3.05, 3.63) is 0 Å². The van der Waals surface area contributed by atoms with Gasteiger partial charge in [-0.05, 0) is 66.5 Å². The van der Waals surface area contributed by atoms with Crippen LogP contribution in [-0.2, 0) is 0 Å². The molecule has 100 valence electrons. The molecule has 4 nitrogen and oxygen atoms in total. The van der Waals surface area contributed by atoms with Crippen LogP contribution in [0.2, 0.25) is 0 Å². The molecular weight excluding hydrogens is 212 g/mol. The van der Waals surface area contributed by atoms with Gasteiger partial charge in [0.25, 0.3) is 0 Å². The zero-order chi connectivity index (χ0) is 13.3. The van der Waals surface area contributed by atoms with E-state index < -0.39 is 5.54 Å². The summed E-state index contributed by atoms with van der Waals surface area (Å²) in [5, 5.41) is 8.96. The Morgan fingerprint density at radius 1 is 1.12 bits per heavy atom. The van der Waals surface area contributed by atoms with Crippen LogP contribution in [0.15, 0.2) is 0 Å². The molecule has 0 radical (unpaired) electrons. The van der Waals surface area contributed by atoms with E-state index in [2.05, 4.69) is 37.0 Å². The fourth-order valence-corrected chi connectivity index (χ4v) is 1.74. The molecule has 0 aliphatic rings. The first-order valence-electron chi connectivity index (χ1n) is 6.47. The molecule has 0 bridgehead atoms. The molecule has 0 saturated heterocycles. The van der Waals surface area contributed by atoms with Gasteiger partial charge in [-0.25, -0.2) is 0 Å². The summed E-state index contributed by atoms with van der Waals surface area (Å²) in [6.07, 6.45) is 3.70. The van der Waals surface area contributed by atoms with Crippen LogP contribution in [0.3, 0.4) is 0 Å². The van der Waals surface area contributed by atoms with Crippen molar-refractivity contribution in [1.82, 2.24) is 9.80 Å². The molecule has 0 aliphatic heterocycles. The Labute approximate surface area is 106 Å². The van der Waals surface area contributed by atoms with Crippen molar-refractivity contribution < 1.29 is 0 Å². The van der Waals surface area contributed by atoms with Crippen LogP contribution >= 0.6 is 0 Å². The summed E-state index contributed by atoms with van der Waals surface area (Å²) in [5.74, 6) is 0. The molecule has 4 heteroatoms. The number of nitriles is 1. The zero-order valence-corrected chi connectivity index (χ0v) is 11.9. The van der Waals surface area contributed by atoms with E-state index >= 15 is 0 Å². The lowest BCUT2D eigenvalue weighted by molar-refractivity contribution is 0.287. The van der Waals surface area contributed by atoms with E-state index in [1.165, 1.54) is 6.42 Å². The van der Waals surface area contributed by atoms with Crippen molar-refractivity contribution in [2.45, 2.75) is 38.1 Å². The maximum absolute atomic E-state index is 8.96. The third-order valence-corrected chi connectivity index (χ3v) is 3.16. The number of rotatable bonds is 9. The molecule has 0 aliphatic carbocycles. The highest BCUT2D eigenvalue weighted by Gasteiger charge is 2.21. The quantitative estimate of drug-likeness (QED) is 0.659. The Morgan fingerprint density at radius 2 is 1.71 bits per heavy atom. The molecule has 0 heterocycles. The summed E-state index contributed by atoms with van der Waals surface area (Å²) < 4.78 is 0. The van der Waals surface area contributed by atoms with E-state index in [0.717, 1.165) is 38.9 Å². The molecule has 0 spiro atoms. The normalized spacial score (nSPS) is 14.9. The minimum absolute atomic E-state index is 0.621. The second kappa shape index (κ2) is 8.46. The number of hydrogen-bond acceptors (Lipinski definition) is 4. The molecule has 0 aromatic carbocycles. The summed E-state index contributed by atoms with van der Waals surface area (Å²) >= 11 is 0. The van der Waals surface area contributed by atoms with E-state index in [9.17, 15) is 0 Å². The summed E-state index contributed by atoms with van der Waals surface area (Å²) in [7, 11) is 6.32. The van der Waals surface area contributed by atoms with Gasteiger partial charge < -0.3 is 15.5 Å². The van der Waals surface area contributed by atoms with Gasteiger partial charge in [0.1, 0.15) is 5.54 Å². The van der Waals surface area contributed by atoms with Gasteiger partial charge in [0.15, 0.2) is 0 Å². The Kier molecular flexibility index (Phi) is 8.15. The standard InChI is InChI=1S/C13H28N4/c1-5-13(15,12-14)8-6-10-17(4)11-7-9-16(2)3/h5-11,15H2,1-4H3. The van der Waals surface area contributed by atoms with Crippen LogP contribution in [0.4, 0.5) is 0 Å². The molecule has 0 amide bonds. The van der Waals surface area contributed by atoms with Gasteiger partial charge in [-0.15, -0.1) is 0 Å². The van der Waals surface area contributed by atoms with E-state index in [1.54, 1.807) is 0 Å². The largest absolute Gasteiger partial charge is 0.313 e. The molecule has 0 rings (SSSR count). The lowest BCUT2D eigenvalue weighted by Crippen LogP contribution is -2.38. The minimum Gasteiger partial charge on any atom is -0.313 e. The first-order valence-corrected chi connectivity index (χ1v) is 6.47. The molecule has 1 atom stereocenters. The fraction of sp³-hybridized carbons (Fsp3) is 0.923. The van der Waals surface area contributed by atoms with Crippen LogP contribution in [0.25, 0.3) is 0 Å². The maximum Gasteiger partial charge on any atom is 0.104 e. The van der Waals surface area contributed by atoms with Crippen LogP contribution in [-0.4, -0.2) is 56.1 Å². The van der Waals surface area contributed by atoms with Crippen molar-refractivity contribution in [3.63, 3.8) is 0 Å². The predicted octanol–water partition coefficient (Wildman–Crippen LogP) is 1.28. The summed E-state index contributed by atoms with van der Waals surface area (Å²) in [4.78, 5) is 4.52.